The first kappa shape index (κ1) is 18.8. The summed E-state index contributed by atoms with van der Waals surface area (Å²) in [4.78, 5) is 15.5. The standard InChI is InChI=1S/C16H5F7N2OS/c17-5-2-1-3-6(18)8(5)15(26)25-16-24-7(4-27-16)9-10(19)12(21)14(23)13(22)11(9)20/h1-4H,(H,24,25,26). The van der Waals surface area contributed by atoms with Crippen molar-refractivity contribution in [3.8, 4) is 11.3 Å². The van der Waals surface area contributed by atoms with Gasteiger partial charge < -0.3 is 0 Å². The van der Waals surface area contributed by atoms with Gasteiger partial charge in [0, 0.05) is 5.38 Å². The van der Waals surface area contributed by atoms with Crippen LogP contribution in [0.2, 0.25) is 0 Å². The summed E-state index contributed by atoms with van der Waals surface area (Å²) in [6.07, 6.45) is 0. The van der Waals surface area contributed by atoms with E-state index in [4.69, 9.17) is 0 Å². The van der Waals surface area contributed by atoms with E-state index >= 15 is 0 Å². The number of nitrogens with one attached hydrogen (secondary N) is 1. The SMILES string of the molecule is O=C(Nc1nc(-c2c(F)c(F)c(F)c(F)c2F)cs1)c1c(F)cccc1F. The second-order valence-corrected chi connectivity index (χ2v) is 5.89. The van der Waals surface area contributed by atoms with Crippen molar-refractivity contribution in [2.75, 3.05) is 5.32 Å². The first-order valence-corrected chi connectivity index (χ1v) is 7.83. The maximum absolute atomic E-state index is 13.8. The van der Waals surface area contributed by atoms with Crippen LogP contribution in [0.3, 0.4) is 0 Å². The van der Waals surface area contributed by atoms with Gasteiger partial charge in [0.1, 0.15) is 17.2 Å². The van der Waals surface area contributed by atoms with Gasteiger partial charge in [-0.1, -0.05) is 6.07 Å². The van der Waals surface area contributed by atoms with Gasteiger partial charge in [0.05, 0.1) is 11.3 Å². The molecule has 1 heterocycles. The van der Waals surface area contributed by atoms with E-state index in [0.717, 1.165) is 23.6 Å². The van der Waals surface area contributed by atoms with Crippen molar-refractivity contribution in [1.82, 2.24) is 4.98 Å². The number of anilines is 1. The molecule has 0 atom stereocenters. The lowest BCUT2D eigenvalue weighted by molar-refractivity contribution is 0.101. The van der Waals surface area contributed by atoms with E-state index in [1.165, 1.54) is 0 Å². The number of hydrogen-bond donors (Lipinski definition) is 1. The Morgan fingerprint density at radius 3 is 1.93 bits per heavy atom. The number of amides is 1. The third-order valence-electron chi connectivity index (χ3n) is 3.38. The summed E-state index contributed by atoms with van der Waals surface area (Å²) in [5, 5.41) is 2.53. The maximum Gasteiger partial charge on any atom is 0.263 e. The van der Waals surface area contributed by atoms with Crippen LogP contribution in [0, 0.1) is 40.7 Å². The Labute approximate surface area is 150 Å². The Morgan fingerprint density at radius 1 is 0.852 bits per heavy atom. The van der Waals surface area contributed by atoms with E-state index < -0.39 is 63.4 Å². The molecule has 27 heavy (non-hydrogen) atoms. The van der Waals surface area contributed by atoms with E-state index in [9.17, 15) is 35.5 Å². The Bertz CT molecular complexity index is 1020. The van der Waals surface area contributed by atoms with Gasteiger partial charge in [0.2, 0.25) is 5.82 Å². The summed E-state index contributed by atoms with van der Waals surface area (Å²) in [7, 11) is 0. The monoisotopic (exact) mass is 406 g/mol. The number of benzene rings is 2. The van der Waals surface area contributed by atoms with E-state index in [1.54, 1.807) is 0 Å². The summed E-state index contributed by atoms with van der Waals surface area (Å²) in [6.45, 7) is 0. The van der Waals surface area contributed by atoms with Crippen molar-refractivity contribution < 1.29 is 35.5 Å². The van der Waals surface area contributed by atoms with Crippen LogP contribution in [0.15, 0.2) is 23.6 Å². The Hall–Kier alpha value is -2.95. The smallest absolute Gasteiger partial charge is 0.263 e. The minimum atomic E-state index is -2.33. The van der Waals surface area contributed by atoms with Crippen LogP contribution in [-0.4, -0.2) is 10.9 Å². The molecule has 0 unspecified atom stereocenters. The third-order valence-corrected chi connectivity index (χ3v) is 4.14. The number of halogens is 7. The van der Waals surface area contributed by atoms with Gasteiger partial charge in [-0.05, 0) is 12.1 Å². The van der Waals surface area contributed by atoms with Crippen molar-refractivity contribution in [2.45, 2.75) is 0 Å². The minimum Gasteiger partial charge on any atom is -0.298 e. The van der Waals surface area contributed by atoms with Crippen molar-refractivity contribution >= 4 is 22.4 Å². The topological polar surface area (TPSA) is 42.0 Å². The molecule has 1 aromatic heterocycles. The quantitative estimate of drug-likeness (QED) is 0.376. The van der Waals surface area contributed by atoms with Gasteiger partial charge in [-0.3, -0.25) is 10.1 Å². The highest BCUT2D eigenvalue weighted by atomic mass is 32.1. The number of rotatable bonds is 3. The Morgan fingerprint density at radius 2 is 1.37 bits per heavy atom. The predicted octanol–water partition coefficient (Wildman–Crippen LogP) is 5.04. The molecule has 0 aliphatic heterocycles. The van der Waals surface area contributed by atoms with Crippen LogP contribution in [0.4, 0.5) is 35.9 Å². The van der Waals surface area contributed by atoms with Gasteiger partial charge in [-0.15, -0.1) is 11.3 Å². The first-order valence-electron chi connectivity index (χ1n) is 6.95. The summed E-state index contributed by atoms with van der Waals surface area (Å²) in [5.41, 5.74) is -2.87. The maximum atomic E-state index is 13.8. The molecule has 0 saturated carbocycles. The number of nitrogens with zero attached hydrogens (tertiary/aromatic N) is 1. The summed E-state index contributed by atoms with van der Waals surface area (Å²) < 4.78 is 94.4. The van der Waals surface area contributed by atoms with Crippen molar-refractivity contribution in [2.24, 2.45) is 0 Å². The Balaban J connectivity index is 1.96. The van der Waals surface area contributed by atoms with Gasteiger partial charge in [0.15, 0.2) is 28.4 Å². The molecule has 3 nitrogen and oxygen atoms in total. The number of hydrogen-bond acceptors (Lipinski definition) is 3. The number of thiazole rings is 1. The van der Waals surface area contributed by atoms with Crippen LogP contribution < -0.4 is 5.32 Å². The molecule has 0 spiro atoms. The molecule has 1 amide bonds. The van der Waals surface area contributed by atoms with E-state index in [0.29, 0.717) is 11.3 Å². The molecule has 0 aliphatic carbocycles. The van der Waals surface area contributed by atoms with Crippen LogP contribution in [0.25, 0.3) is 11.3 Å². The second kappa shape index (κ2) is 6.99. The van der Waals surface area contributed by atoms with Crippen molar-refractivity contribution in [3.05, 3.63) is 69.9 Å². The molecule has 0 aliphatic rings. The molecule has 11 heteroatoms. The number of carbonyl (C=O) groups excluding carboxylic acids is 1. The largest absolute Gasteiger partial charge is 0.298 e. The average molecular weight is 406 g/mol. The number of aromatic nitrogens is 1. The van der Waals surface area contributed by atoms with Crippen LogP contribution in [0.5, 0.6) is 0 Å². The Kier molecular flexibility index (Phi) is 4.87. The fourth-order valence-electron chi connectivity index (χ4n) is 2.15. The average Bonchev–Trinajstić information content (AvgIpc) is 3.06. The van der Waals surface area contributed by atoms with Crippen molar-refractivity contribution in [1.29, 1.82) is 0 Å². The molecular formula is C16H5F7N2OS. The zero-order valence-corrected chi connectivity index (χ0v) is 13.5. The van der Waals surface area contributed by atoms with Crippen LogP contribution >= 0.6 is 11.3 Å². The zero-order chi connectivity index (χ0) is 19.9. The minimum absolute atomic E-state index is 0.374. The molecule has 1 N–H and O–H groups in total. The highest BCUT2D eigenvalue weighted by molar-refractivity contribution is 7.14. The molecule has 0 radical (unpaired) electrons. The normalized spacial score (nSPS) is 10.9. The molecule has 0 bridgehead atoms. The fraction of sp³-hybridized carbons (Fsp3) is 0. The van der Waals surface area contributed by atoms with Gasteiger partial charge in [0.25, 0.3) is 5.91 Å². The molecule has 140 valence electrons. The predicted molar refractivity (Wildman–Crippen MR) is 81.7 cm³/mol. The molecular weight excluding hydrogens is 401 g/mol. The zero-order valence-electron chi connectivity index (χ0n) is 12.7. The second-order valence-electron chi connectivity index (χ2n) is 5.03. The van der Waals surface area contributed by atoms with E-state index in [1.807, 2.05) is 5.32 Å². The van der Waals surface area contributed by atoms with Gasteiger partial charge >= 0.3 is 0 Å². The fourth-order valence-corrected chi connectivity index (χ4v) is 2.85. The molecule has 3 rings (SSSR count). The van der Waals surface area contributed by atoms with Gasteiger partial charge in [-0.25, -0.2) is 35.7 Å². The summed E-state index contributed by atoms with van der Waals surface area (Å²) in [5.74, 6) is -14.4. The van der Waals surface area contributed by atoms with Crippen LogP contribution in [0.1, 0.15) is 10.4 Å². The highest BCUT2D eigenvalue weighted by Crippen LogP contribution is 2.33. The van der Waals surface area contributed by atoms with E-state index in [2.05, 4.69) is 4.98 Å². The lowest BCUT2D eigenvalue weighted by Gasteiger charge is -2.06. The highest BCUT2D eigenvalue weighted by Gasteiger charge is 2.28. The first-order chi connectivity index (χ1) is 12.7. The summed E-state index contributed by atoms with van der Waals surface area (Å²) in [6, 6.07) is 2.70. The van der Waals surface area contributed by atoms with Crippen molar-refractivity contribution in [3.63, 3.8) is 0 Å². The third kappa shape index (κ3) is 3.25. The molecule has 2 aromatic carbocycles. The lowest BCUT2D eigenvalue weighted by atomic mass is 10.1. The van der Waals surface area contributed by atoms with Crippen LogP contribution in [-0.2, 0) is 0 Å². The molecule has 0 saturated heterocycles. The van der Waals surface area contributed by atoms with Gasteiger partial charge in [-0.2, -0.15) is 0 Å². The molecule has 3 aromatic rings. The number of carbonyl (C=O) groups is 1. The lowest BCUT2D eigenvalue weighted by Crippen LogP contribution is -2.15. The van der Waals surface area contributed by atoms with E-state index in [-0.39, 0.29) is 5.13 Å². The molecule has 0 fully saturated rings. The summed E-state index contributed by atoms with van der Waals surface area (Å²) >= 11 is 0.552.